The van der Waals surface area contributed by atoms with Gasteiger partial charge in [-0.3, -0.25) is 4.79 Å². The first-order chi connectivity index (χ1) is 10.1. The Hall–Kier alpha value is -1.13. The third-order valence-corrected chi connectivity index (χ3v) is 4.46. The van der Waals surface area contributed by atoms with E-state index in [1.165, 1.54) is 25.0 Å². The van der Waals surface area contributed by atoms with Crippen LogP contribution in [0, 0.1) is 18.7 Å². The summed E-state index contributed by atoms with van der Waals surface area (Å²) in [6, 6.07) is 5.09. The highest BCUT2D eigenvalue weighted by atomic mass is 35.5. The molecule has 1 aliphatic heterocycles. The van der Waals surface area contributed by atoms with Crippen molar-refractivity contribution < 1.29 is 9.18 Å². The van der Waals surface area contributed by atoms with Crippen LogP contribution in [-0.4, -0.2) is 36.5 Å². The summed E-state index contributed by atoms with van der Waals surface area (Å²) in [5.74, 6) is 0.512. The highest BCUT2D eigenvalue weighted by molar-refractivity contribution is 5.94. The van der Waals surface area contributed by atoms with Gasteiger partial charge in [-0.25, -0.2) is 4.39 Å². The fraction of sp³-hybridized carbons (Fsp3) is 0.588. The van der Waals surface area contributed by atoms with E-state index < -0.39 is 0 Å². The van der Waals surface area contributed by atoms with Crippen LogP contribution in [0.15, 0.2) is 18.2 Å². The zero-order valence-corrected chi connectivity index (χ0v) is 13.8. The predicted molar refractivity (Wildman–Crippen MR) is 88.0 cm³/mol. The van der Waals surface area contributed by atoms with Crippen molar-refractivity contribution >= 4 is 18.3 Å². The number of likely N-dealkylation sites (tertiary alicyclic amines) is 1. The van der Waals surface area contributed by atoms with E-state index >= 15 is 0 Å². The molecular weight excluding hydrogens is 303 g/mol. The molecule has 0 radical (unpaired) electrons. The highest BCUT2D eigenvalue weighted by Gasteiger charge is 2.26. The van der Waals surface area contributed by atoms with Gasteiger partial charge in [0.15, 0.2) is 0 Å². The molecule has 0 aromatic heterocycles. The van der Waals surface area contributed by atoms with Crippen molar-refractivity contribution in [2.45, 2.75) is 38.6 Å². The van der Waals surface area contributed by atoms with Gasteiger partial charge < -0.3 is 10.2 Å². The number of hydrogen-bond acceptors (Lipinski definition) is 2. The molecule has 22 heavy (non-hydrogen) atoms. The number of hydrogen-bond donors (Lipinski definition) is 1. The third kappa shape index (κ3) is 4.43. The lowest BCUT2D eigenvalue weighted by atomic mass is 10.0. The summed E-state index contributed by atoms with van der Waals surface area (Å²) < 4.78 is 13.4. The second-order valence-corrected chi connectivity index (χ2v) is 6.44. The van der Waals surface area contributed by atoms with Crippen molar-refractivity contribution in [2.75, 3.05) is 19.6 Å². The third-order valence-electron chi connectivity index (χ3n) is 4.46. The molecule has 1 saturated carbocycles. The zero-order valence-electron chi connectivity index (χ0n) is 13.0. The lowest BCUT2D eigenvalue weighted by molar-refractivity contribution is 0.0704. The summed E-state index contributed by atoms with van der Waals surface area (Å²) in [4.78, 5) is 14.3. The van der Waals surface area contributed by atoms with E-state index in [-0.39, 0.29) is 24.1 Å². The molecule has 0 unspecified atom stereocenters. The average molecular weight is 327 g/mol. The van der Waals surface area contributed by atoms with Crippen LogP contribution in [0.25, 0.3) is 0 Å². The number of amides is 1. The van der Waals surface area contributed by atoms with Gasteiger partial charge in [-0.2, -0.15) is 0 Å². The monoisotopic (exact) mass is 326 g/mol. The SMILES string of the molecule is Cc1cc(F)cc(C(=O)N2CCC(NCC3CC3)CC2)c1.Cl. The van der Waals surface area contributed by atoms with Crippen molar-refractivity contribution in [2.24, 2.45) is 5.92 Å². The van der Waals surface area contributed by atoms with Crippen LogP contribution in [0.4, 0.5) is 4.39 Å². The minimum atomic E-state index is -0.334. The topological polar surface area (TPSA) is 32.3 Å². The molecule has 5 heteroatoms. The van der Waals surface area contributed by atoms with Gasteiger partial charge in [-0.15, -0.1) is 12.4 Å². The Morgan fingerprint density at radius 2 is 1.91 bits per heavy atom. The summed E-state index contributed by atoms with van der Waals surface area (Å²) in [7, 11) is 0. The van der Waals surface area contributed by atoms with Gasteiger partial charge in [0.25, 0.3) is 5.91 Å². The molecule has 1 aliphatic carbocycles. The molecule has 0 bridgehead atoms. The molecule has 1 amide bonds. The number of carbonyl (C=O) groups excluding carboxylic acids is 1. The molecule has 2 fully saturated rings. The Labute approximate surface area is 137 Å². The zero-order chi connectivity index (χ0) is 14.8. The molecule has 3 nitrogen and oxygen atoms in total. The van der Waals surface area contributed by atoms with E-state index in [0.29, 0.717) is 11.6 Å². The number of halogens is 2. The molecular formula is C17H24ClFN2O. The van der Waals surface area contributed by atoms with Gasteiger partial charge in [-0.05, 0) is 68.8 Å². The molecule has 1 saturated heterocycles. The van der Waals surface area contributed by atoms with Crippen LogP contribution in [0.3, 0.4) is 0 Å². The lowest BCUT2D eigenvalue weighted by Crippen LogP contribution is -2.45. The Balaban J connectivity index is 0.00000176. The van der Waals surface area contributed by atoms with Crippen molar-refractivity contribution in [3.8, 4) is 0 Å². The minimum Gasteiger partial charge on any atom is -0.339 e. The Morgan fingerprint density at radius 3 is 2.50 bits per heavy atom. The first-order valence-electron chi connectivity index (χ1n) is 7.91. The number of rotatable bonds is 4. The number of piperidine rings is 1. The number of benzene rings is 1. The van der Waals surface area contributed by atoms with E-state index in [4.69, 9.17) is 0 Å². The summed E-state index contributed by atoms with van der Waals surface area (Å²) in [6.45, 7) is 4.46. The molecule has 0 spiro atoms. The van der Waals surface area contributed by atoms with E-state index in [1.54, 1.807) is 6.07 Å². The van der Waals surface area contributed by atoms with E-state index in [9.17, 15) is 9.18 Å². The normalized spacial score (nSPS) is 18.9. The fourth-order valence-electron chi connectivity index (χ4n) is 2.98. The molecule has 3 rings (SSSR count). The number of nitrogens with one attached hydrogen (secondary N) is 1. The Morgan fingerprint density at radius 1 is 1.23 bits per heavy atom. The van der Waals surface area contributed by atoms with E-state index in [0.717, 1.165) is 44.0 Å². The molecule has 1 N–H and O–H groups in total. The van der Waals surface area contributed by atoms with Gasteiger partial charge >= 0.3 is 0 Å². The number of carbonyl (C=O) groups is 1. The summed E-state index contributed by atoms with van der Waals surface area (Å²) >= 11 is 0. The maximum Gasteiger partial charge on any atom is 0.253 e. The average Bonchev–Trinajstić information content (AvgIpc) is 3.28. The van der Waals surface area contributed by atoms with Crippen LogP contribution < -0.4 is 5.32 Å². The molecule has 122 valence electrons. The Kier molecular flexibility index (Phi) is 5.81. The standard InChI is InChI=1S/C17H23FN2O.ClH/c1-12-8-14(10-15(18)9-12)17(21)20-6-4-16(5-7-20)19-11-13-2-3-13;/h8-10,13,16,19H,2-7,11H2,1H3;1H. The maximum atomic E-state index is 13.4. The van der Waals surface area contributed by atoms with E-state index in [2.05, 4.69) is 5.32 Å². The first kappa shape index (κ1) is 17.2. The van der Waals surface area contributed by atoms with Gasteiger partial charge in [0.1, 0.15) is 5.82 Å². The summed E-state index contributed by atoms with van der Waals surface area (Å²) in [5, 5.41) is 3.60. The van der Waals surface area contributed by atoms with Crippen molar-refractivity contribution in [1.82, 2.24) is 10.2 Å². The number of aryl methyl sites for hydroxylation is 1. The summed E-state index contributed by atoms with van der Waals surface area (Å²) in [5.41, 5.74) is 1.26. The van der Waals surface area contributed by atoms with Crippen LogP contribution in [0.1, 0.15) is 41.6 Å². The molecule has 1 aromatic rings. The van der Waals surface area contributed by atoms with Crippen molar-refractivity contribution in [1.29, 1.82) is 0 Å². The van der Waals surface area contributed by atoms with Gasteiger partial charge in [0.2, 0.25) is 0 Å². The first-order valence-corrected chi connectivity index (χ1v) is 7.91. The second-order valence-electron chi connectivity index (χ2n) is 6.44. The van der Waals surface area contributed by atoms with Gasteiger partial charge in [-0.1, -0.05) is 0 Å². The lowest BCUT2D eigenvalue weighted by Gasteiger charge is -2.32. The summed E-state index contributed by atoms with van der Waals surface area (Å²) in [6.07, 6.45) is 4.71. The Bertz CT molecular complexity index is 505. The highest BCUT2D eigenvalue weighted by Crippen LogP contribution is 2.28. The molecule has 1 heterocycles. The quantitative estimate of drug-likeness (QED) is 0.921. The molecule has 0 atom stereocenters. The molecule has 1 aromatic carbocycles. The smallest absolute Gasteiger partial charge is 0.253 e. The van der Waals surface area contributed by atoms with Crippen molar-refractivity contribution in [3.63, 3.8) is 0 Å². The van der Waals surface area contributed by atoms with Crippen LogP contribution in [0.5, 0.6) is 0 Å². The van der Waals surface area contributed by atoms with Crippen LogP contribution >= 0.6 is 12.4 Å². The largest absolute Gasteiger partial charge is 0.339 e. The van der Waals surface area contributed by atoms with Crippen LogP contribution in [-0.2, 0) is 0 Å². The second kappa shape index (κ2) is 7.42. The minimum absolute atomic E-state index is 0. The fourth-order valence-corrected chi connectivity index (χ4v) is 2.98. The van der Waals surface area contributed by atoms with Gasteiger partial charge in [0.05, 0.1) is 0 Å². The molecule has 2 aliphatic rings. The van der Waals surface area contributed by atoms with Crippen molar-refractivity contribution in [3.05, 3.63) is 35.1 Å². The van der Waals surface area contributed by atoms with Gasteiger partial charge in [0, 0.05) is 24.7 Å². The predicted octanol–water partition coefficient (Wildman–Crippen LogP) is 3.16. The van der Waals surface area contributed by atoms with E-state index in [1.807, 2.05) is 11.8 Å². The number of nitrogens with zero attached hydrogens (tertiary/aromatic N) is 1. The maximum absolute atomic E-state index is 13.4. The van der Waals surface area contributed by atoms with Crippen LogP contribution in [0.2, 0.25) is 0 Å².